The van der Waals surface area contributed by atoms with Crippen LogP contribution in [0.2, 0.25) is 0 Å². The highest BCUT2D eigenvalue weighted by atomic mass is 16.5. The Morgan fingerprint density at radius 2 is 2.00 bits per heavy atom. The van der Waals surface area contributed by atoms with E-state index in [1.54, 1.807) is 7.11 Å². The summed E-state index contributed by atoms with van der Waals surface area (Å²) in [5, 5.41) is 2.31. The van der Waals surface area contributed by atoms with Gasteiger partial charge in [0.05, 0.1) is 7.11 Å². The molecule has 0 spiro atoms. The molecule has 0 amide bonds. The highest BCUT2D eigenvalue weighted by Gasteiger charge is 2.02. The molecule has 72 valence electrons. The maximum absolute atomic E-state index is 5.61. The van der Waals surface area contributed by atoms with Crippen molar-refractivity contribution in [1.29, 1.82) is 0 Å². The van der Waals surface area contributed by atoms with Crippen LogP contribution in [0.5, 0.6) is 5.75 Å². The molecular weight excluding hydrogens is 174 g/mol. The van der Waals surface area contributed by atoms with Crippen LogP contribution in [0, 0.1) is 0 Å². The van der Waals surface area contributed by atoms with Crippen molar-refractivity contribution in [3.05, 3.63) is 42.0 Å². The summed E-state index contributed by atoms with van der Waals surface area (Å²) in [5.41, 5.74) is 6.71. The number of fused-ring (bicyclic) bond motifs is 1. The first-order valence-electron chi connectivity index (χ1n) is 4.61. The first-order chi connectivity index (χ1) is 6.85. The van der Waals surface area contributed by atoms with E-state index in [1.807, 2.05) is 18.2 Å². The summed E-state index contributed by atoms with van der Waals surface area (Å²) in [7, 11) is 1.68. The van der Waals surface area contributed by atoms with Crippen molar-refractivity contribution in [1.82, 2.24) is 0 Å². The summed E-state index contributed by atoms with van der Waals surface area (Å²) < 4.78 is 5.31. The second-order valence-corrected chi connectivity index (χ2v) is 3.22. The summed E-state index contributed by atoms with van der Waals surface area (Å²) >= 11 is 0. The number of methoxy groups -OCH3 is 1. The van der Waals surface area contributed by atoms with E-state index in [0.717, 1.165) is 16.7 Å². The average molecular weight is 187 g/mol. The summed E-state index contributed by atoms with van der Waals surface area (Å²) in [6.07, 6.45) is 0. The third-order valence-corrected chi connectivity index (χ3v) is 2.34. The highest BCUT2D eigenvalue weighted by molar-refractivity contribution is 5.89. The Hall–Kier alpha value is -1.54. The van der Waals surface area contributed by atoms with Crippen molar-refractivity contribution in [2.45, 2.75) is 6.54 Å². The molecule has 0 atom stereocenters. The average Bonchev–Trinajstić information content (AvgIpc) is 2.27. The van der Waals surface area contributed by atoms with Crippen LogP contribution in [0.1, 0.15) is 5.56 Å². The predicted molar refractivity (Wildman–Crippen MR) is 58.4 cm³/mol. The molecule has 2 N–H and O–H groups in total. The molecule has 0 heterocycles. The van der Waals surface area contributed by atoms with Crippen molar-refractivity contribution in [3.8, 4) is 5.75 Å². The van der Waals surface area contributed by atoms with Gasteiger partial charge in [-0.15, -0.1) is 0 Å². The van der Waals surface area contributed by atoms with E-state index in [0.29, 0.717) is 6.54 Å². The zero-order valence-corrected chi connectivity index (χ0v) is 8.16. The fourth-order valence-corrected chi connectivity index (χ4v) is 1.62. The monoisotopic (exact) mass is 187 g/mol. The van der Waals surface area contributed by atoms with E-state index in [9.17, 15) is 0 Å². The molecule has 0 aliphatic heterocycles. The summed E-state index contributed by atoms with van der Waals surface area (Å²) in [6.45, 7) is 0.543. The minimum absolute atomic E-state index is 0.543. The van der Waals surface area contributed by atoms with Gasteiger partial charge in [-0.05, 0) is 23.1 Å². The van der Waals surface area contributed by atoms with Crippen LogP contribution in [0.15, 0.2) is 36.4 Å². The Morgan fingerprint density at radius 1 is 1.21 bits per heavy atom. The Balaban J connectivity index is 2.73. The zero-order valence-electron chi connectivity index (χ0n) is 8.16. The lowest BCUT2D eigenvalue weighted by atomic mass is 10.1. The topological polar surface area (TPSA) is 35.2 Å². The number of benzene rings is 2. The van der Waals surface area contributed by atoms with Crippen LogP contribution >= 0.6 is 0 Å². The summed E-state index contributed by atoms with van der Waals surface area (Å²) in [5.74, 6) is 0.892. The van der Waals surface area contributed by atoms with Gasteiger partial charge in [0, 0.05) is 11.9 Å². The molecule has 0 aromatic heterocycles. The van der Waals surface area contributed by atoms with Gasteiger partial charge in [-0.1, -0.05) is 24.3 Å². The molecule has 0 radical (unpaired) electrons. The lowest BCUT2D eigenvalue weighted by molar-refractivity contribution is 0.419. The van der Waals surface area contributed by atoms with Crippen LogP contribution in [0.25, 0.3) is 10.8 Å². The first-order valence-corrected chi connectivity index (χ1v) is 4.61. The van der Waals surface area contributed by atoms with Gasteiger partial charge in [-0.2, -0.15) is 0 Å². The lowest BCUT2D eigenvalue weighted by Crippen LogP contribution is -1.97. The third kappa shape index (κ3) is 1.44. The van der Waals surface area contributed by atoms with Crippen LogP contribution in [0.4, 0.5) is 0 Å². The lowest BCUT2D eigenvalue weighted by Gasteiger charge is -2.07. The number of ether oxygens (including phenoxy) is 1. The molecule has 0 aliphatic rings. The molecule has 0 aliphatic carbocycles. The summed E-state index contributed by atoms with van der Waals surface area (Å²) in [4.78, 5) is 0. The van der Waals surface area contributed by atoms with Gasteiger partial charge in [-0.25, -0.2) is 0 Å². The largest absolute Gasteiger partial charge is 0.496 e. The minimum Gasteiger partial charge on any atom is -0.496 e. The van der Waals surface area contributed by atoms with Gasteiger partial charge < -0.3 is 10.5 Å². The van der Waals surface area contributed by atoms with Crippen molar-refractivity contribution >= 4 is 10.8 Å². The quantitative estimate of drug-likeness (QED) is 0.783. The predicted octanol–water partition coefficient (Wildman–Crippen LogP) is 2.31. The van der Waals surface area contributed by atoms with E-state index in [2.05, 4.69) is 18.2 Å². The molecular formula is C12H13NO. The molecule has 2 aromatic rings. The number of hydrogen-bond donors (Lipinski definition) is 1. The smallest absolute Gasteiger partial charge is 0.127 e. The number of rotatable bonds is 2. The molecule has 0 bridgehead atoms. The standard InChI is InChI=1S/C12H13NO/c1-14-12-7-9(8-13)6-10-4-2-3-5-11(10)12/h2-7H,8,13H2,1H3. The van der Waals surface area contributed by atoms with E-state index < -0.39 is 0 Å². The Morgan fingerprint density at radius 3 is 2.71 bits per heavy atom. The minimum atomic E-state index is 0.543. The highest BCUT2D eigenvalue weighted by Crippen LogP contribution is 2.26. The van der Waals surface area contributed by atoms with E-state index in [1.165, 1.54) is 5.39 Å². The molecule has 2 aromatic carbocycles. The van der Waals surface area contributed by atoms with Crippen LogP contribution in [-0.2, 0) is 6.54 Å². The third-order valence-electron chi connectivity index (χ3n) is 2.34. The molecule has 2 nitrogen and oxygen atoms in total. The van der Waals surface area contributed by atoms with E-state index in [-0.39, 0.29) is 0 Å². The zero-order chi connectivity index (χ0) is 9.97. The summed E-state index contributed by atoms with van der Waals surface area (Å²) in [6, 6.07) is 12.2. The van der Waals surface area contributed by atoms with Gasteiger partial charge in [0.2, 0.25) is 0 Å². The molecule has 2 heteroatoms. The van der Waals surface area contributed by atoms with Gasteiger partial charge in [-0.3, -0.25) is 0 Å². The van der Waals surface area contributed by atoms with Crippen LogP contribution in [0.3, 0.4) is 0 Å². The molecule has 14 heavy (non-hydrogen) atoms. The van der Waals surface area contributed by atoms with Gasteiger partial charge in [0.1, 0.15) is 5.75 Å². The van der Waals surface area contributed by atoms with Crippen LogP contribution in [-0.4, -0.2) is 7.11 Å². The molecule has 2 rings (SSSR count). The second-order valence-electron chi connectivity index (χ2n) is 3.22. The van der Waals surface area contributed by atoms with Crippen molar-refractivity contribution < 1.29 is 4.74 Å². The normalized spacial score (nSPS) is 10.4. The van der Waals surface area contributed by atoms with Gasteiger partial charge >= 0.3 is 0 Å². The van der Waals surface area contributed by atoms with Crippen molar-refractivity contribution in [2.75, 3.05) is 7.11 Å². The molecule has 0 fully saturated rings. The maximum atomic E-state index is 5.61. The first kappa shape index (κ1) is 9.03. The fraction of sp³-hybridized carbons (Fsp3) is 0.167. The Kier molecular flexibility index (Phi) is 2.37. The molecule has 0 unspecified atom stereocenters. The van der Waals surface area contributed by atoms with Gasteiger partial charge in [0.25, 0.3) is 0 Å². The van der Waals surface area contributed by atoms with E-state index >= 15 is 0 Å². The maximum Gasteiger partial charge on any atom is 0.127 e. The van der Waals surface area contributed by atoms with Crippen LogP contribution < -0.4 is 10.5 Å². The number of hydrogen-bond acceptors (Lipinski definition) is 2. The van der Waals surface area contributed by atoms with Crippen molar-refractivity contribution in [2.24, 2.45) is 5.73 Å². The van der Waals surface area contributed by atoms with Crippen molar-refractivity contribution in [3.63, 3.8) is 0 Å². The Bertz CT molecular complexity index is 451. The molecule has 0 saturated carbocycles. The Labute approximate surface area is 83.3 Å². The second kappa shape index (κ2) is 3.68. The SMILES string of the molecule is COc1cc(CN)cc2ccccc12. The van der Waals surface area contributed by atoms with Gasteiger partial charge in [0.15, 0.2) is 0 Å². The molecule has 0 saturated heterocycles. The number of nitrogens with two attached hydrogens (primary N) is 1. The van der Waals surface area contributed by atoms with E-state index in [4.69, 9.17) is 10.5 Å². The fourth-order valence-electron chi connectivity index (χ4n) is 1.62.